The minimum absolute atomic E-state index is 0.370. The van der Waals surface area contributed by atoms with Crippen molar-refractivity contribution in [2.45, 2.75) is 44.7 Å². The van der Waals surface area contributed by atoms with Gasteiger partial charge in [0.1, 0.15) is 18.1 Å². The standard InChI is InChI=1S/C29H34N2O5/c1-33-26-11-8-19(15-27(26)34-2)22-14-20-9-10-25-23(28(20)36-29(22)32)17-30(18-35-25)16-21-6-5-13-31-12-4-3-7-24(21)31/h8-11,14-15,21,24H,3-7,12-13,16-18H2,1-2H3/t21-,24+/m0/s1. The zero-order valence-electron chi connectivity index (χ0n) is 21.1. The third-order valence-corrected chi connectivity index (χ3v) is 8.16. The van der Waals surface area contributed by atoms with E-state index in [2.05, 4.69) is 9.80 Å². The molecule has 36 heavy (non-hydrogen) atoms. The molecule has 0 amide bonds. The zero-order chi connectivity index (χ0) is 24.6. The minimum Gasteiger partial charge on any atom is -0.493 e. The number of hydrogen-bond acceptors (Lipinski definition) is 7. The van der Waals surface area contributed by atoms with Gasteiger partial charge in [0, 0.05) is 24.5 Å². The Morgan fingerprint density at radius 3 is 2.69 bits per heavy atom. The third kappa shape index (κ3) is 4.24. The zero-order valence-corrected chi connectivity index (χ0v) is 21.1. The van der Waals surface area contributed by atoms with Crippen LogP contribution in [0.4, 0.5) is 0 Å². The Bertz CT molecular complexity index is 1320. The monoisotopic (exact) mass is 490 g/mol. The van der Waals surface area contributed by atoms with Crippen molar-refractivity contribution in [3.63, 3.8) is 0 Å². The van der Waals surface area contributed by atoms with Crippen LogP contribution in [0.15, 0.2) is 45.6 Å². The molecule has 2 atom stereocenters. The first-order chi connectivity index (χ1) is 17.6. The van der Waals surface area contributed by atoms with Crippen molar-refractivity contribution in [1.82, 2.24) is 9.80 Å². The molecule has 2 saturated heterocycles. The average molecular weight is 491 g/mol. The molecule has 0 unspecified atom stereocenters. The molecular formula is C29H34N2O5. The highest BCUT2D eigenvalue weighted by Crippen LogP contribution is 2.37. The Morgan fingerprint density at radius 1 is 0.972 bits per heavy atom. The highest BCUT2D eigenvalue weighted by Gasteiger charge is 2.35. The predicted molar refractivity (Wildman–Crippen MR) is 139 cm³/mol. The van der Waals surface area contributed by atoms with Crippen LogP contribution in [0.25, 0.3) is 22.1 Å². The maximum absolute atomic E-state index is 13.1. The van der Waals surface area contributed by atoms with E-state index in [1.54, 1.807) is 26.4 Å². The number of benzene rings is 2. The first kappa shape index (κ1) is 23.4. The topological polar surface area (TPSA) is 64.4 Å². The fraction of sp³-hybridized carbons (Fsp3) is 0.483. The number of fused-ring (bicyclic) bond motifs is 4. The van der Waals surface area contributed by atoms with Gasteiger partial charge >= 0.3 is 5.63 Å². The van der Waals surface area contributed by atoms with E-state index in [1.165, 1.54) is 45.2 Å². The quantitative estimate of drug-likeness (QED) is 0.472. The summed E-state index contributed by atoms with van der Waals surface area (Å²) in [6.45, 7) is 4.83. The van der Waals surface area contributed by atoms with E-state index < -0.39 is 0 Å². The van der Waals surface area contributed by atoms with E-state index in [4.69, 9.17) is 18.6 Å². The van der Waals surface area contributed by atoms with E-state index in [9.17, 15) is 4.79 Å². The average Bonchev–Trinajstić information content (AvgIpc) is 2.92. The van der Waals surface area contributed by atoms with Crippen molar-refractivity contribution in [3.05, 3.63) is 52.4 Å². The van der Waals surface area contributed by atoms with Crippen molar-refractivity contribution in [2.75, 3.05) is 40.6 Å². The summed E-state index contributed by atoms with van der Waals surface area (Å²) in [4.78, 5) is 18.2. The van der Waals surface area contributed by atoms with Crippen LogP contribution in [-0.4, -0.2) is 56.4 Å². The Kier molecular flexibility index (Phi) is 6.36. The summed E-state index contributed by atoms with van der Waals surface area (Å²) in [5, 5.41) is 0.889. The number of rotatable bonds is 5. The molecule has 0 N–H and O–H groups in total. The Hall–Kier alpha value is -3.03. The molecule has 1 aromatic heterocycles. The van der Waals surface area contributed by atoms with Crippen molar-refractivity contribution < 1.29 is 18.6 Å². The van der Waals surface area contributed by atoms with E-state index >= 15 is 0 Å². The van der Waals surface area contributed by atoms with E-state index in [1.807, 2.05) is 24.3 Å². The van der Waals surface area contributed by atoms with Gasteiger partial charge in [0.2, 0.25) is 0 Å². The minimum atomic E-state index is -0.370. The summed E-state index contributed by atoms with van der Waals surface area (Å²) in [7, 11) is 3.18. The largest absolute Gasteiger partial charge is 0.493 e. The van der Waals surface area contributed by atoms with Gasteiger partial charge < -0.3 is 23.5 Å². The van der Waals surface area contributed by atoms with Crippen LogP contribution in [0, 0.1) is 5.92 Å². The van der Waals surface area contributed by atoms with Crippen LogP contribution in [0.1, 0.15) is 37.7 Å². The van der Waals surface area contributed by atoms with E-state index in [-0.39, 0.29) is 5.63 Å². The molecule has 4 heterocycles. The molecule has 3 aromatic rings. The van der Waals surface area contributed by atoms with Crippen molar-refractivity contribution in [1.29, 1.82) is 0 Å². The van der Waals surface area contributed by atoms with Gasteiger partial charge in [0.15, 0.2) is 11.5 Å². The number of piperidine rings is 2. The second-order valence-electron chi connectivity index (χ2n) is 10.3. The van der Waals surface area contributed by atoms with Gasteiger partial charge in [-0.05, 0) is 80.6 Å². The highest BCUT2D eigenvalue weighted by atomic mass is 16.5. The van der Waals surface area contributed by atoms with Crippen LogP contribution in [0.2, 0.25) is 0 Å². The van der Waals surface area contributed by atoms with Crippen LogP contribution < -0.4 is 19.8 Å². The summed E-state index contributed by atoms with van der Waals surface area (Å²) >= 11 is 0. The highest BCUT2D eigenvalue weighted by molar-refractivity contribution is 5.86. The smallest absolute Gasteiger partial charge is 0.344 e. The van der Waals surface area contributed by atoms with Crippen molar-refractivity contribution in [3.8, 4) is 28.4 Å². The molecule has 0 bridgehead atoms. The van der Waals surface area contributed by atoms with Gasteiger partial charge in [-0.2, -0.15) is 0 Å². The predicted octanol–water partition coefficient (Wildman–Crippen LogP) is 4.89. The summed E-state index contributed by atoms with van der Waals surface area (Å²) in [5.41, 5.74) is 2.44. The summed E-state index contributed by atoms with van der Waals surface area (Å²) < 4.78 is 22.9. The van der Waals surface area contributed by atoms with Crippen LogP contribution >= 0.6 is 0 Å². The maximum atomic E-state index is 13.1. The van der Waals surface area contributed by atoms with Crippen molar-refractivity contribution in [2.24, 2.45) is 5.92 Å². The van der Waals surface area contributed by atoms with E-state index in [0.717, 1.165) is 35.4 Å². The molecule has 3 aliphatic heterocycles. The third-order valence-electron chi connectivity index (χ3n) is 8.16. The van der Waals surface area contributed by atoms with Crippen LogP contribution in [-0.2, 0) is 6.54 Å². The first-order valence-electron chi connectivity index (χ1n) is 13.1. The van der Waals surface area contributed by atoms with E-state index in [0.29, 0.717) is 41.3 Å². The Morgan fingerprint density at radius 2 is 1.83 bits per heavy atom. The number of nitrogens with zero attached hydrogens (tertiary/aromatic N) is 2. The fourth-order valence-electron chi connectivity index (χ4n) is 6.38. The number of ether oxygens (including phenoxy) is 3. The molecule has 0 aliphatic carbocycles. The lowest BCUT2D eigenvalue weighted by Crippen LogP contribution is -2.51. The summed E-state index contributed by atoms with van der Waals surface area (Å²) in [6.07, 6.45) is 6.55. The SMILES string of the molecule is COc1ccc(-c2cc3ccc4c(c3oc2=O)CN(C[C@@H]2CCCN3CCCC[C@H]23)CO4)cc1OC. The molecule has 3 aliphatic rings. The number of methoxy groups -OCH3 is 2. The van der Waals surface area contributed by atoms with Gasteiger partial charge in [0.05, 0.1) is 25.3 Å². The Balaban J connectivity index is 1.29. The molecule has 0 spiro atoms. The number of hydrogen-bond donors (Lipinski definition) is 0. The Labute approximate surface area is 211 Å². The first-order valence-corrected chi connectivity index (χ1v) is 13.1. The van der Waals surface area contributed by atoms with Gasteiger partial charge in [-0.1, -0.05) is 12.5 Å². The van der Waals surface area contributed by atoms with Crippen molar-refractivity contribution >= 4 is 11.0 Å². The lowest BCUT2D eigenvalue weighted by atomic mass is 9.83. The second kappa shape index (κ2) is 9.79. The lowest BCUT2D eigenvalue weighted by Gasteiger charge is -2.46. The molecule has 7 heteroatoms. The molecule has 6 rings (SSSR count). The fourth-order valence-corrected chi connectivity index (χ4v) is 6.38. The lowest BCUT2D eigenvalue weighted by molar-refractivity contribution is 0.0146. The molecule has 0 saturated carbocycles. The maximum Gasteiger partial charge on any atom is 0.344 e. The van der Waals surface area contributed by atoms with Gasteiger partial charge in [0.25, 0.3) is 0 Å². The van der Waals surface area contributed by atoms with Gasteiger partial charge in [-0.15, -0.1) is 0 Å². The summed E-state index contributed by atoms with van der Waals surface area (Å²) in [6, 6.07) is 12.0. The second-order valence-corrected chi connectivity index (χ2v) is 10.3. The molecule has 7 nitrogen and oxygen atoms in total. The normalized spacial score (nSPS) is 22.5. The molecule has 0 radical (unpaired) electrons. The molecule has 2 aromatic carbocycles. The molecule has 2 fully saturated rings. The molecular weight excluding hydrogens is 456 g/mol. The van der Waals surface area contributed by atoms with Gasteiger partial charge in [-0.3, -0.25) is 4.90 Å². The van der Waals surface area contributed by atoms with Crippen LogP contribution in [0.5, 0.6) is 17.2 Å². The summed E-state index contributed by atoms with van der Waals surface area (Å²) in [5.74, 6) is 2.67. The van der Waals surface area contributed by atoms with Crippen LogP contribution in [0.3, 0.4) is 0 Å². The molecule has 190 valence electrons. The van der Waals surface area contributed by atoms with Gasteiger partial charge in [-0.25, -0.2) is 4.79 Å².